The Morgan fingerprint density at radius 1 is 1.17 bits per heavy atom. The predicted octanol–water partition coefficient (Wildman–Crippen LogP) is 3.79. The van der Waals surface area contributed by atoms with Crippen LogP contribution in [0.15, 0.2) is 12.1 Å². The average molecular weight is 272 g/mol. The Balaban J connectivity index is 2.97. The second kappa shape index (κ2) is 6.86. The van der Waals surface area contributed by atoms with Crippen LogP contribution in [0, 0.1) is 5.92 Å². The van der Waals surface area contributed by atoms with E-state index in [-0.39, 0.29) is 6.04 Å². The van der Waals surface area contributed by atoms with Crippen molar-refractivity contribution in [3.05, 3.63) is 22.7 Å². The molecule has 0 aromatic heterocycles. The van der Waals surface area contributed by atoms with Crippen LogP contribution < -0.4 is 15.2 Å². The summed E-state index contributed by atoms with van der Waals surface area (Å²) in [4.78, 5) is 0. The lowest BCUT2D eigenvalue weighted by Crippen LogP contribution is -2.13. The molecule has 0 aliphatic heterocycles. The Morgan fingerprint density at radius 2 is 1.83 bits per heavy atom. The summed E-state index contributed by atoms with van der Waals surface area (Å²) < 4.78 is 10.5. The normalized spacial score (nSPS) is 12.6. The molecule has 0 fully saturated rings. The molecule has 0 heterocycles. The van der Waals surface area contributed by atoms with Crippen LogP contribution in [0.1, 0.15) is 38.3 Å². The minimum absolute atomic E-state index is 0.0641. The number of hydrogen-bond acceptors (Lipinski definition) is 3. The number of hydrogen-bond donors (Lipinski definition) is 1. The van der Waals surface area contributed by atoms with E-state index in [4.69, 9.17) is 26.8 Å². The van der Waals surface area contributed by atoms with Crippen LogP contribution in [0.5, 0.6) is 11.5 Å². The summed E-state index contributed by atoms with van der Waals surface area (Å²) in [6.07, 6.45) is 1.99. The first-order valence-corrected chi connectivity index (χ1v) is 6.55. The van der Waals surface area contributed by atoms with Crippen molar-refractivity contribution < 1.29 is 9.47 Å². The van der Waals surface area contributed by atoms with Crippen LogP contribution in [-0.4, -0.2) is 14.2 Å². The van der Waals surface area contributed by atoms with Crippen LogP contribution >= 0.6 is 11.6 Å². The zero-order valence-electron chi connectivity index (χ0n) is 11.5. The second-order valence-electron chi connectivity index (χ2n) is 4.78. The zero-order valence-corrected chi connectivity index (χ0v) is 12.3. The molecule has 0 spiro atoms. The van der Waals surface area contributed by atoms with E-state index in [0.717, 1.165) is 18.4 Å². The highest BCUT2D eigenvalue weighted by molar-refractivity contribution is 6.33. The first kappa shape index (κ1) is 15.1. The summed E-state index contributed by atoms with van der Waals surface area (Å²) in [5.74, 6) is 1.86. The summed E-state index contributed by atoms with van der Waals surface area (Å²) in [7, 11) is 3.18. The van der Waals surface area contributed by atoms with Crippen molar-refractivity contribution in [3.8, 4) is 11.5 Å². The number of halogens is 1. The van der Waals surface area contributed by atoms with Gasteiger partial charge in [0.1, 0.15) is 16.5 Å². The molecule has 1 rings (SSSR count). The molecule has 0 radical (unpaired) electrons. The first-order valence-electron chi connectivity index (χ1n) is 6.17. The third-order valence-electron chi connectivity index (χ3n) is 2.97. The molecule has 2 N–H and O–H groups in total. The minimum Gasteiger partial charge on any atom is -0.495 e. The van der Waals surface area contributed by atoms with Crippen molar-refractivity contribution in [3.63, 3.8) is 0 Å². The molecule has 0 saturated carbocycles. The SMILES string of the molecule is COc1ccc(C(N)CCC(C)C)c(OC)c1Cl. The predicted molar refractivity (Wildman–Crippen MR) is 75.6 cm³/mol. The van der Waals surface area contributed by atoms with E-state index in [1.54, 1.807) is 14.2 Å². The van der Waals surface area contributed by atoms with Crippen molar-refractivity contribution in [2.75, 3.05) is 14.2 Å². The standard InChI is InChI=1S/C14H22ClNO2/c1-9(2)5-7-11(16)10-6-8-12(17-3)13(15)14(10)18-4/h6,8-9,11H,5,7,16H2,1-4H3. The van der Waals surface area contributed by atoms with Gasteiger partial charge in [0.15, 0.2) is 0 Å². The zero-order chi connectivity index (χ0) is 13.7. The fraction of sp³-hybridized carbons (Fsp3) is 0.571. The molecule has 0 bridgehead atoms. The highest BCUT2D eigenvalue weighted by Crippen LogP contribution is 2.39. The smallest absolute Gasteiger partial charge is 0.146 e. The van der Waals surface area contributed by atoms with Crippen LogP contribution in [0.25, 0.3) is 0 Å². The molecule has 18 heavy (non-hydrogen) atoms. The second-order valence-corrected chi connectivity index (χ2v) is 5.16. The van der Waals surface area contributed by atoms with Crippen molar-refractivity contribution in [1.82, 2.24) is 0 Å². The van der Waals surface area contributed by atoms with Crippen molar-refractivity contribution >= 4 is 11.6 Å². The van der Waals surface area contributed by atoms with Gasteiger partial charge in [-0.05, 0) is 30.9 Å². The molecule has 1 atom stereocenters. The van der Waals surface area contributed by atoms with Crippen LogP contribution in [0.2, 0.25) is 5.02 Å². The van der Waals surface area contributed by atoms with Crippen LogP contribution in [0.4, 0.5) is 0 Å². The Kier molecular flexibility index (Phi) is 5.76. The topological polar surface area (TPSA) is 44.5 Å². The maximum Gasteiger partial charge on any atom is 0.146 e. The van der Waals surface area contributed by atoms with Gasteiger partial charge < -0.3 is 15.2 Å². The Hall–Kier alpha value is -0.930. The highest BCUT2D eigenvalue weighted by Gasteiger charge is 2.18. The van der Waals surface area contributed by atoms with Crippen LogP contribution in [0.3, 0.4) is 0 Å². The molecule has 4 heteroatoms. The van der Waals surface area contributed by atoms with E-state index in [1.165, 1.54) is 0 Å². The van der Waals surface area contributed by atoms with Gasteiger partial charge in [-0.2, -0.15) is 0 Å². The van der Waals surface area contributed by atoms with E-state index in [9.17, 15) is 0 Å². The van der Waals surface area contributed by atoms with E-state index in [2.05, 4.69) is 13.8 Å². The molecule has 0 aliphatic rings. The maximum absolute atomic E-state index is 6.22. The minimum atomic E-state index is -0.0641. The Labute approximate surface area is 114 Å². The summed E-state index contributed by atoms with van der Waals surface area (Å²) in [6, 6.07) is 3.69. The number of nitrogens with two attached hydrogens (primary N) is 1. The summed E-state index contributed by atoms with van der Waals surface area (Å²) >= 11 is 6.22. The molecule has 1 unspecified atom stereocenters. The highest BCUT2D eigenvalue weighted by atomic mass is 35.5. The lowest BCUT2D eigenvalue weighted by molar-refractivity contribution is 0.386. The first-order chi connectivity index (χ1) is 8.51. The monoisotopic (exact) mass is 271 g/mol. The fourth-order valence-corrected chi connectivity index (χ4v) is 2.20. The van der Waals surface area contributed by atoms with E-state index in [1.807, 2.05) is 12.1 Å². The van der Waals surface area contributed by atoms with E-state index in [0.29, 0.717) is 22.4 Å². The number of rotatable bonds is 6. The Bertz CT molecular complexity index is 394. The van der Waals surface area contributed by atoms with E-state index < -0.39 is 0 Å². The van der Waals surface area contributed by atoms with Crippen LogP contribution in [-0.2, 0) is 0 Å². The van der Waals surface area contributed by atoms with Gasteiger partial charge >= 0.3 is 0 Å². The van der Waals surface area contributed by atoms with Gasteiger partial charge in [-0.15, -0.1) is 0 Å². The lowest BCUT2D eigenvalue weighted by Gasteiger charge is -2.18. The lowest BCUT2D eigenvalue weighted by atomic mass is 9.97. The van der Waals surface area contributed by atoms with Crippen molar-refractivity contribution in [2.24, 2.45) is 11.7 Å². The number of methoxy groups -OCH3 is 2. The van der Waals surface area contributed by atoms with Crippen molar-refractivity contribution in [2.45, 2.75) is 32.7 Å². The molecular weight excluding hydrogens is 250 g/mol. The van der Waals surface area contributed by atoms with Crippen molar-refractivity contribution in [1.29, 1.82) is 0 Å². The van der Waals surface area contributed by atoms with Gasteiger partial charge in [0, 0.05) is 11.6 Å². The third-order valence-corrected chi connectivity index (χ3v) is 3.33. The molecule has 1 aromatic carbocycles. The summed E-state index contributed by atoms with van der Waals surface area (Å²) in [5.41, 5.74) is 7.13. The Morgan fingerprint density at radius 3 is 2.33 bits per heavy atom. The molecule has 0 saturated heterocycles. The van der Waals surface area contributed by atoms with E-state index >= 15 is 0 Å². The average Bonchev–Trinajstić information content (AvgIpc) is 2.35. The summed E-state index contributed by atoms with van der Waals surface area (Å²) in [6.45, 7) is 4.37. The molecular formula is C14H22ClNO2. The number of ether oxygens (including phenoxy) is 2. The largest absolute Gasteiger partial charge is 0.495 e. The number of benzene rings is 1. The van der Waals surface area contributed by atoms with Gasteiger partial charge in [0.25, 0.3) is 0 Å². The third kappa shape index (κ3) is 3.53. The summed E-state index contributed by atoms with van der Waals surface area (Å²) in [5, 5.41) is 0.484. The molecule has 3 nitrogen and oxygen atoms in total. The van der Waals surface area contributed by atoms with Gasteiger partial charge in [-0.1, -0.05) is 25.4 Å². The van der Waals surface area contributed by atoms with Gasteiger partial charge in [-0.3, -0.25) is 0 Å². The molecule has 0 aliphatic carbocycles. The quantitative estimate of drug-likeness (QED) is 0.856. The molecule has 102 valence electrons. The molecule has 0 amide bonds. The fourth-order valence-electron chi connectivity index (χ4n) is 1.88. The van der Waals surface area contributed by atoms with Gasteiger partial charge in [0.05, 0.1) is 14.2 Å². The van der Waals surface area contributed by atoms with Gasteiger partial charge in [-0.25, -0.2) is 0 Å². The molecule has 1 aromatic rings. The maximum atomic E-state index is 6.22. The van der Waals surface area contributed by atoms with Gasteiger partial charge in [0.2, 0.25) is 0 Å².